The van der Waals surface area contributed by atoms with Gasteiger partial charge in [-0.1, -0.05) is 50.2 Å². The first-order chi connectivity index (χ1) is 15.0. The molecule has 168 valence electrons. The van der Waals surface area contributed by atoms with Gasteiger partial charge in [0.05, 0.1) is 18.4 Å². The van der Waals surface area contributed by atoms with Crippen LogP contribution in [0.3, 0.4) is 0 Å². The van der Waals surface area contributed by atoms with Crippen molar-refractivity contribution in [2.75, 3.05) is 13.2 Å². The maximum Gasteiger partial charge on any atom is 0.348 e. The van der Waals surface area contributed by atoms with Crippen LogP contribution in [0.5, 0.6) is 0 Å². The summed E-state index contributed by atoms with van der Waals surface area (Å²) < 4.78 is 18.3. The minimum absolute atomic E-state index is 0.258. The van der Waals surface area contributed by atoms with E-state index in [4.69, 9.17) is 13.8 Å². The van der Waals surface area contributed by atoms with Crippen molar-refractivity contribution in [2.24, 2.45) is 0 Å². The molecule has 3 aromatic rings. The highest BCUT2D eigenvalue weighted by molar-refractivity contribution is 7.48. The van der Waals surface area contributed by atoms with Gasteiger partial charge >= 0.3 is 5.97 Å². The fraction of sp³-hybridized carbons (Fsp3) is 0.400. The molecule has 0 saturated heterocycles. The molecular weight excluding hydrogens is 427 g/mol. The summed E-state index contributed by atoms with van der Waals surface area (Å²) >= 11 is 1.46. The normalized spacial score (nSPS) is 11.3. The van der Waals surface area contributed by atoms with Gasteiger partial charge in [-0.3, -0.25) is 0 Å². The quantitative estimate of drug-likeness (QED) is 0.240. The van der Waals surface area contributed by atoms with Crippen LogP contribution in [0.15, 0.2) is 54.6 Å². The molecule has 0 amide bonds. The lowest BCUT2D eigenvalue weighted by Gasteiger charge is -2.32. The Kier molecular flexibility index (Phi) is 10.1. The van der Waals surface area contributed by atoms with Crippen LogP contribution in [0, 0.1) is 0 Å². The smallest absolute Gasteiger partial charge is 0.348 e. The maximum atomic E-state index is 12.5. The Bertz CT molecular complexity index is 947. The van der Waals surface area contributed by atoms with Crippen LogP contribution in [0.25, 0.3) is 10.1 Å². The third-order valence-electron chi connectivity index (χ3n) is 4.59. The zero-order valence-electron chi connectivity index (χ0n) is 19.3. The average molecular weight is 461 g/mol. The predicted molar refractivity (Wildman–Crippen MR) is 132 cm³/mol. The fourth-order valence-electron chi connectivity index (χ4n) is 3.02. The molecule has 0 radical (unpaired) electrons. The summed E-state index contributed by atoms with van der Waals surface area (Å²) in [7, 11) is -1.06. The number of thiophene rings is 1. The summed E-state index contributed by atoms with van der Waals surface area (Å²) in [6.45, 7) is 13.8. The number of benzene rings is 2. The SMILES string of the molecule is CC.CCOP(OCC)C(C)(C)c1ccc2sc(C(=O)OCc3ccccc3)cc2c1. The first kappa shape index (κ1) is 25.5. The Balaban J connectivity index is 0.00000166. The van der Waals surface area contributed by atoms with Crippen LogP contribution in [0.2, 0.25) is 0 Å². The number of carbonyl (C=O) groups excluding carboxylic acids is 1. The monoisotopic (exact) mass is 460 g/mol. The summed E-state index contributed by atoms with van der Waals surface area (Å²) in [6.07, 6.45) is 0. The minimum Gasteiger partial charge on any atom is -0.457 e. The van der Waals surface area contributed by atoms with Crippen LogP contribution < -0.4 is 0 Å². The number of rotatable bonds is 9. The number of carbonyl (C=O) groups is 1. The van der Waals surface area contributed by atoms with E-state index in [1.807, 2.05) is 64.1 Å². The second-order valence-corrected chi connectivity index (χ2v) is 10.3. The standard InChI is InChI=1S/C23H27O4PS.C2H6/c1-5-26-28(27-6-2)23(3,4)19-12-13-20-18(14-19)15-21(29-20)22(24)25-16-17-10-8-7-9-11-17;1-2/h7-15H,5-6,16H2,1-4H3;1-2H3. The van der Waals surface area contributed by atoms with E-state index >= 15 is 0 Å². The zero-order valence-corrected chi connectivity index (χ0v) is 21.0. The van der Waals surface area contributed by atoms with E-state index in [0.29, 0.717) is 18.1 Å². The molecular formula is C25H33O4PS. The molecule has 2 aromatic carbocycles. The first-order valence-electron chi connectivity index (χ1n) is 10.8. The van der Waals surface area contributed by atoms with Crippen molar-refractivity contribution >= 4 is 35.8 Å². The van der Waals surface area contributed by atoms with Crippen molar-refractivity contribution in [3.63, 3.8) is 0 Å². The van der Waals surface area contributed by atoms with Gasteiger partial charge in [-0.15, -0.1) is 11.3 Å². The molecule has 4 nitrogen and oxygen atoms in total. The molecule has 0 spiro atoms. The van der Waals surface area contributed by atoms with Crippen LogP contribution in [0.4, 0.5) is 0 Å². The number of ether oxygens (including phenoxy) is 1. The van der Waals surface area contributed by atoms with Crippen molar-refractivity contribution in [3.8, 4) is 0 Å². The van der Waals surface area contributed by atoms with E-state index in [1.54, 1.807) is 0 Å². The second kappa shape index (κ2) is 12.3. The van der Waals surface area contributed by atoms with Crippen LogP contribution in [-0.2, 0) is 25.5 Å². The Labute approximate surface area is 191 Å². The molecule has 0 fully saturated rings. The van der Waals surface area contributed by atoms with Gasteiger partial charge in [0, 0.05) is 4.70 Å². The van der Waals surface area contributed by atoms with Gasteiger partial charge in [0.15, 0.2) is 8.38 Å². The Hall–Kier alpha value is -1.78. The number of hydrogen-bond donors (Lipinski definition) is 0. The van der Waals surface area contributed by atoms with Crippen molar-refractivity contribution in [2.45, 2.75) is 53.3 Å². The number of fused-ring (bicyclic) bond motifs is 1. The molecule has 0 aliphatic carbocycles. The number of hydrogen-bond acceptors (Lipinski definition) is 5. The summed E-state index contributed by atoms with van der Waals surface area (Å²) in [5, 5.41) is 0.779. The molecule has 0 N–H and O–H groups in total. The van der Waals surface area contributed by atoms with E-state index in [9.17, 15) is 4.79 Å². The largest absolute Gasteiger partial charge is 0.457 e. The molecule has 1 aromatic heterocycles. The third-order valence-corrected chi connectivity index (χ3v) is 7.84. The van der Waals surface area contributed by atoms with Crippen LogP contribution >= 0.6 is 19.7 Å². The van der Waals surface area contributed by atoms with E-state index in [-0.39, 0.29) is 17.7 Å². The Morgan fingerprint density at radius 2 is 1.61 bits per heavy atom. The highest BCUT2D eigenvalue weighted by Crippen LogP contribution is 2.57. The Morgan fingerprint density at radius 1 is 0.968 bits per heavy atom. The van der Waals surface area contributed by atoms with E-state index in [0.717, 1.165) is 21.2 Å². The summed E-state index contributed by atoms with van der Waals surface area (Å²) in [4.78, 5) is 13.1. The average Bonchev–Trinajstić information content (AvgIpc) is 3.23. The van der Waals surface area contributed by atoms with E-state index < -0.39 is 8.38 Å². The van der Waals surface area contributed by atoms with Gasteiger partial charge < -0.3 is 13.8 Å². The Morgan fingerprint density at radius 3 is 2.23 bits per heavy atom. The van der Waals surface area contributed by atoms with Crippen molar-refractivity contribution < 1.29 is 18.6 Å². The molecule has 6 heteroatoms. The molecule has 0 saturated carbocycles. The summed E-state index contributed by atoms with van der Waals surface area (Å²) in [6, 6.07) is 17.9. The van der Waals surface area contributed by atoms with Crippen LogP contribution in [0.1, 0.15) is 62.3 Å². The van der Waals surface area contributed by atoms with Gasteiger partial charge in [-0.25, -0.2) is 4.79 Å². The van der Waals surface area contributed by atoms with E-state index in [2.05, 4.69) is 32.0 Å². The zero-order chi connectivity index (χ0) is 22.9. The molecule has 0 unspecified atom stereocenters. The third kappa shape index (κ3) is 6.60. The topological polar surface area (TPSA) is 44.8 Å². The minimum atomic E-state index is -1.06. The van der Waals surface area contributed by atoms with Crippen molar-refractivity contribution in [1.82, 2.24) is 0 Å². The molecule has 0 aliphatic rings. The van der Waals surface area contributed by atoms with Crippen molar-refractivity contribution in [3.05, 3.63) is 70.6 Å². The molecule has 0 atom stereocenters. The van der Waals surface area contributed by atoms with Gasteiger partial charge in [-0.2, -0.15) is 0 Å². The summed E-state index contributed by atoms with van der Waals surface area (Å²) in [5.41, 5.74) is 2.12. The highest BCUT2D eigenvalue weighted by Gasteiger charge is 2.34. The van der Waals surface area contributed by atoms with Gasteiger partial charge in [0.2, 0.25) is 0 Å². The number of esters is 1. The fourth-order valence-corrected chi connectivity index (χ4v) is 5.49. The van der Waals surface area contributed by atoms with Crippen LogP contribution in [-0.4, -0.2) is 19.2 Å². The molecule has 0 aliphatic heterocycles. The molecule has 0 bridgehead atoms. The lowest BCUT2D eigenvalue weighted by Crippen LogP contribution is -2.17. The van der Waals surface area contributed by atoms with Gasteiger partial charge in [0.1, 0.15) is 11.5 Å². The lowest BCUT2D eigenvalue weighted by molar-refractivity contribution is 0.0478. The van der Waals surface area contributed by atoms with E-state index in [1.165, 1.54) is 11.3 Å². The lowest BCUT2D eigenvalue weighted by atomic mass is 10.0. The molecule has 1 heterocycles. The van der Waals surface area contributed by atoms with Gasteiger partial charge in [0.25, 0.3) is 0 Å². The summed E-state index contributed by atoms with van der Waals surface area (Å²) in [5.74, 6) is -0.290. The van der Waals surface area contributed by atoms with Gasteiger partial charge in [-0.05, 0) is 62.4 Å². The first-order valence-corrected chi connectivity index (χ1v) is 12.8. The molecule has 3 rings (SSSR count). The second-order valence-electron chi connectivity index (χ2n) is 7.08. The highest BCUT2D eigenvalue weighted by atomic mass is 32.1. The maximum absolute atomic E-state index is 12.5. The predicted octanol–water partition coefficient (Wildman–Crippen LogP) is 7.90. The molecule has 31 heavy (non-hydrogen) atoms. The van der Waals surface area contributed by atoms with Crippen molar-refractivity contribution in [1.29, 1.82) is 0 Å².